The van der Waals surface area contributed by atoms with Gasteiger partial charge in [-0.3, -0.25) is 0 Å². The molecule has 3 nitrogen and oxygen atoms in total. The van der Waals surface area contributed by atoms with Gasteiger partial charge in [-0.25, -0.2) is 8.42 Å². The Hall–Kier alpha value is -1.13. The molecular formula is C15H21NO2S. The Morgan fingerprint density at radius 1 is 1.32 bits per heavy atom. The van der Waals surface area contributed by atoms with Crippen LogP contribution in [0.4, 0.5) is 0 Å². The fourth-order valence-electron chi connectivity index (χ4n) is 2.79. The highest BCUT2D eigenvalue weighted by Gasteiger charge is 2.62. The van der Waals surface area contributed by atoms with Crippen molar-refractivity contribution in [2.75, 3.05) is 0 Å². The van der Waals surface area contributed by atoms with Gasteiger partial charge in [-0.05, 0) is 39.3 Å². The summed E-state index contributed by atoms with van der Waals surface area (Å²) >= 11 is 0. The number of allylic oxidation sites excluding steroid dienone is 1. The van der Waals surface area contributed by atoms with E-state index in [0.29, 0.717) is 4.90 Å². The summed E-state index contributed by atoms with van der Waals surface area (Å²) in [6.07, 6.45) is 4.73. The second-order valence-corrected chi connectivity index (χ2v) is 7.08. The zero-order valence-corrected chi connectivity index (χ0v) is 12.7. The van der Waals surface area contributed by atoms with Crippen molar-refractivity contribution in [2.45, 2.75) is 50.6 Å². The highest BCUT2D eigenvalue weighted by molar-refractivity contribution is 7.89. The number of nitrogens with zero attached hydrogens (tertiary/aromatic N) is 1. The van der Waals surface area contributed by atoms with Crippen molar-refractivity contribution in [1.29, 1.82) is 0 Å². The minimum atomic E-state index is -3.39. The minimum Gasteiger partial charge on any atom is -0.207 e. The molecule has 0 aliphatic carbocycles. The van der Waals surface area contributed by atoms with Crippen LogP contribution in [-0.2, 0) is 10.0 Å². The largest absolute Gasteiger partial charge is 0.244 e. The van der Waals surface area contributed by atoms with E-state index in [1.807, 2.05) is 52.0 Å². The first-order valence-electron chi connectivity index (χ1n) is 6.63. The topological polar surface area (TPSA) is 37.1 Å². The summed E-state index contributed by atoms with van der Waals surface area (Å²) in [6, 6.07) is 7.11. The fourth-order valence-corrected chi connectivity index (χ4v) is 4.85. The third kappa shape index (κ3) is 2.23. The molecule has 1 aromatic carbocycles. The Kier molecular flexibility index (Phi) is 3.58. The average Bonchev–Trinajstić information content (AvgIpc) is 2.96. The van der Waals surface area contributed by atoms with Crippen LogP contribution in [0.15, 0.2) is 41.3 Å². The number of rotatable bonds is 4. The smallest absolute Gasteiger partial charge is 0.207 e. The maximum atomic E-state index is 12.7. The summed E-state index contributed by atoms with van der Waals surface area (Å²) < 4.78 is 26.9. The SMILES string of the molecule is C/C=C\C1(C)C(CC)N1S(=O)(=O)c1ccc(C)cc1. The summed E-state index contributed by atoms with van der Waals surface area (Å²) in [5.41, 5.74) is 0.695. The van der Waals surface area contributed by atoms with Crippen molar-refractivity contribution in [3.63, 3.8) is 0 Å². The third-order valence-electron chi connectivity index (χ3n) is 3.83. The Bertz CT molecular complexity index is 589. The van der Waals surface area contributed by atoms with E-state index in [-0.39, 0.29) is 11.6 Å². The van der Waals surface area contributed by atoms with E-state index in [0.717, 1.165) is 12.0 Å². The van der Waals surface area contributed by atoms with Crippen LogP contribution in [0.3, 0.4) is 0 Å². The fraction of sp³-hybridized carbons (Fsp3) is 0.467. The van der Waals surface area contributed by atoms with Crippen molar-refractivity contribution in [3.05, 3.63) is 42.0 Å². The van der Waals surface area contributed by atoms with Gasteiger partial charge < -0.3 is 0 Å². The van der Waals surface area contributed by atoms with Crippen LogP contribution in [0.1, 0.15) is 32.8 Å². The van der Waals surface area contributed by atoms with Crippen LogP contribution in [0.5, 0.6) is 0 Å². The summed E-state index contributed by atoms with van der Waals surface area (Å²) in [5, 5.41) is 0. The first kappa shape index (κ1) is 14.3. The first-order chi connectivity index (χ1) is 8.87. The molecule has 1 fully saturated rings. The first-order valence-corrected chi connectivity index (χ1v) is 8.07. The predicted octanol–water partition coefficient (Wildman–Crippen LogP) is 3.11. The molecule has 4 heteroatoms. The van der Waals surface area contributed by atoms with Crippen molar-refractivity contribution in [3.8, 4) is 0 Å². The number of aryl methyl sites for hydroxylation is 1. The molecule has 1 aliphatic rings. The lowest BCUT2D eigenvalue weighted by Crippen LogP contribution is -2.19. The van der Waals surface area contributed by atoms with E-state index in [1.165, 1.54) is 0 Å². The summed E-state index contributed by atoms with van der Waals surface area (Å²) in [6.45, 7) is 7.88. The molecule has 0 bridgehead atoms. The molecule has 0 spiro atoms. The summed E-state index contributed by atoms with van der Waals surface area (Å²) in [5.74, 6) is 0. The molecule has 0 N–H and O–H groups in total. The summed E-state index contributed by atoms with van der Waals surface area (Å²) in [4.78, 5) is 0.379. The van der Waals surface area contributed by atoms with Crippen molar-refractivity contribution >= 4 is 10.0 Å². The van der Waals surface area contributed by atoms with Gasteiger partial charge in [-0.1, -0.05) is 36.8 Å². The number of sulfonamides is 1. The molecule has 0 amide bonds. The Morgan fingerprint density at radius 3 is 2.37 bits per heavy atom. The van der Waals surface area contributed by atoms with Crippen molar-refractivity contribution < 1.29 is 8.42 Å². The molecule has 1 saturated heterocycles. The van der Waals surface area contributed by atoms with Crippen LogP contribution in [-0.4, -0.2) is 24.3 Å². The molecule has 104 valence electrons. The van der Waals surface area contributed by atoms with Crippen molar-refractivity contribution in [1.82, 2.24) is 4.31 Å². The van der Waals surface area contributed by atoms with Crippen molar-refractivity contribution in [2.24, 2.45) is 0 Å². The van der Waals surface area contributed by atoms with Gasteiger partial charge in [0.05, 0.1) is 10.4 Å². The number of benzene rings is 1. The lowest BCUT2D eigenvalue weighted by molar-refractivity contribution is 0.535. The normalized spacial score (nSPS) is 30.7. The average molecular weight is 279 g/mol. The molecule has 1 heterocycles. The lowest BCUT2D eigenvalue weighted by atomic mass is 10.1. The zero-order chi connectivity index (χ0) is 14.3. The van der Waals surface area contributed by atoms with E-state index in [4.69, 9.17) is 0 Å². The maximum Gasteiger partial charge on any atom is 0.244 e. The highest BCUT2D eigenvalue weighted by atomic mass is 32.2. The van der Waals surface area contributed by atoms with Gasteiger partial charge in [-0.15, -0.1) is 0 Å². The van der Waals surface area contributed by atoms with Crippen LogP contribution in [0, 0.1) is 6.92 Å². The quantitative estimate of drug-likeness (QED) is 0.627. The molecule has 19 heavy (non-hydrogen) atoms. The van der Waals surface area contributed by atoms with E-state index < -0.39 is 10.0 Å². The van der Waals surface area contributed by atoms with Gasteiger partial charge >= 0.3 is 0 Å². The van der Waals surface area contributed by atoms with Gasteiger partial charge in [0.1, 0.15) is 0 Å². The molecular weight excluding hydrogens is 258 g/mol. The molecule has 0 radical (unpaired) electrons. The number of hydrogen-bond donors (Lipinski definition) is 0. The highest BCUT2D eigenvalue weighted by Crippen LogP contribution is 2.48. The van der Waals surface area contributed by atoms with Crippen LogP contribution in [0.25, 0.3) is 0 Å². The van der Waals surface area contributed by atoms with Crippen LogP contribution < -0.4 is 0 Å². The molecule has 1 aliphatic heterocycles. The predicted molar refractivity (Wildman–Crippen MR) is 77.5 cm³/mol. The molecule has 3 atom stereocenters. The second kappa shape index (κ2) is 4.76. The lowest BCUT2D eigenvalue weighted by Gasteiger charge is -2.09. The second-order valence-electron chi connectivity index (χ2n) is 5.26. The van der Waals surface area contributed by atoms with Gasteiger partial charge in [0, 0.05) is 6.04 Å². The monoisotopic (exact) mass is 279 g/mol. The van der Waals surface area contributed by atoms with E-state index in [1.54, 1.807) is 16.4 Å². The standard InChI is InChI=1S/C15H21NO2S/c1-5-11-15(4)14(6-2)16(15)19(17,18)13-9-7-12(3)8-10-13/h5,7-11,14H,6H2,1-4H3/b11-5-. The molecule has 2 rings (SSSR count). The Morgan fingerprint density at radius 2 is 1.89 bits per heavy atom. The van der Waals surface area contributed by atoms with Crippen LogP contribution >= 0.6 is 0 Å². The maximum absolute atomic E-state index is 12.7. The van der Waals surface area contributed by atoms with E-state index >= 15 is 0 Å². The molecule has 1 aromatic rings. The zero-order valence-electron chi connectivity index (χ0n) is 11.9. The van der Waals surface area contributed by atoms with E-state index in [9.17, 15) is 8.42 Å². The van der Waals surface area contributed by atoms with Gasteiger partial charge in [0.15, 0.2) is 0 Å². The Labute approximate surface area is 116 Å². The Balaban J connectivity index is 2.39. The van der Waals surface area contributed by atoms with Gasteiger partial charge in [0.2, 0.25) is 10.0 Å². The molecule has 0 aromatic heterocycles. The summed E-state index contributed by atoms with van der Waals surface area (Å²) in [7, 11) is -3.39. The third-order valence-corrected chi connectivity index (χ3v) is 5.87. The van der Waals surface area contributed by atoms with Gasteiger partial charge in [-0.2, -0.15) is 4.31 Å². The molecule has 3 unspecified atom stereocenters. The van der Waals surface area contributed by atoms with Crippen LogP contribution in [0.2, 0.25) is 0 Å². The number of hydrogen-bond acceptors (Lipinski definition) is 2. The van der Waals surface area contributed by atoms with Gasteiger partial charge in [0.25, 0.3) is 0 Å². The minimum absolute atomic E-state index is 0.0648. The van der Waals surface area contributed by atoms with E-state index in [2.05, 4.69) is 0 Å². The molecule has 0 saturated carbocycles.